The molecule has 4 rings (SSSR count). The molecule has 3 heterocycles. The molecule has 2 N–H and O–H groups in total. The van der Waals surface area contributed by atoms with Crippen LogP contribution in [0.4, 0.5) is 24.7 Å². The standard InChI is InChI=1S/C20H20N4OS.C2HF3O2/c25-19(22-13-11-15-7-4-5-12-21-15)20-23-18-17(26-20)10-6-14-24(18)16-8-2-1-3-9-16;3-2(4,5)1(6)7/h1-5,7-9,12H,6,10-11,13-14H2,(H,22,25);(H,6,7). The number of benzene rings is 1. The molecule has 0 unspecified atom stereocenters. The number of rotatable bonds is 5. The highest BCUT2D eigenvalue weighted by molar-refractivity contribution is 7.14. The molecule has 3 aromatic rings. The highest BCUT2D eigenvalue weighted by Crippen LogP contribution is 2.36. The molecule has 0 fully saturated rings. The molecule has 0 radical (unpaired) electrons. The van der Waals surface area contributed by atoms with Crippen molar-refractivity contribution in [2.75, 3.05) is 18.0 Å². The number of alkyl halides is 3. The van der Waals surface area contributed by atoms with Crippen LogP contribution in [0.25, 0.3) is 0 Å². The van der Waals surface area contributed by atoms with E-state index in [1.807, 2.05) is 36.4 Å². The number of thiazole rings is 1. The molecule has 0 saturated heterocycles. The summed E-state index contributed by atoms with van der Waals surface area (Å²) in [5.41, 5.74) is 2.10. The van der Waals surface area contributed by atoms with Gasteiger partial charge in [0.25, 0.3) is 5.91 Å². The number of anilines is 2. The summed E-state index contributed by atoms with van der Waals surface area (Å²) in [5.74, 6) is -1.93. The minimum atomic E-state index is -5.08. The molecule has 0 bridgehead atoms. The number of aliphatic carboxylic acids is 1. The van der Waals surface area contributed by atoms with Crippen molar-refractivity contribution >= 4 is 34.7 Å². The van der Waals surface area contributed by atoms with E-state index < -0.39 is 12.1 Å². The lowest BCUT2D eigenvalue weighted by Crippen LogP contribution is -2.26. The average molecular weight is 478 g/mol. The maximum Gasteiger partial charge on any atom is 0.490 e. The van der Waals surface area contributed by atoms with Crippen LogP contribution in [-0.2, 0) is 17.6 Å². The molecule has 0 spiro atoms. The van der Waals surface area contributed by atoms with E-state index in [1.165, 1.54) is 16.2 Å². The zero-order valence-corrected chi connectivity index (χ0v) is 18.2. The van der Waals surface area contributed by atoms with E-state index >= 15 is 0 Å². The van der Waals surface area contributed by atoms with E-state index in [-0.39, 0.29) is 5.91 Å². The van der Waals surface area contributed by atoms with Crippen molar-refractivity contribution in [1.82, 2.24) is 15.3 Å². The first-order valence-electron chi connectivity index (χ1n) is 10.1. The monoisotopic (exact) mass is 478 g/mol. The lowest BCUT2D eigenvalue weighted by Gasteiger charge is -2.27. The maximum absolute atomic E-state index is 12.5. The molecule has 0 atom stereocenters. The van der Waals surface area contributed by atoms with Crippen LogP contribution in [0.1, 0.15) is 26.8 Å². The van der Waals surface area contributed by atoms with Gasteiger partial charge in [0.2, 0.25) is 0 Å². The Morgan fingerprint density at radius 1 is 1.12 bits per heavy atom. The number of amides is 1. The Morgan fingerprint density at radius 3 is 2.45 bits per heavy atom. The molecule has 0 aliphatic carbocycles. The number of nitrogens with zero attached hydrogens (tertiary/aromatic N) is 3. The van der Waals surface area contributed by atoms with E-state index in [0.717, 1.165) is 36.6 Å². The van der Waals surface area contributed by atoms with Crippen LogP contribution in [0.5, 0.6) is 0 Å². The van der Waals surface area contributed by atoms with Gasteiger partial charge in [0.1, 0.15) is 5.82 Å². The Hall–Kier alpha value is -3.47. The number of carboxylic acids is 1. The van der Waals surface area contributed by atoms with Crippen LogP contribution in [0.3, 0.4) is 0 Å². The van der Waals surface area contributed by atoms with Gasteiger partial charge in [-0.05, 0) is 37.1 Å². The van der Waals surface area contributed by atoms with Gasteiger partial charge in [0.05, 0.1) is 0 Å². The number of pyridine rings is 1. The van der Waals surface area contributed by atoms with Crippen LogP contribution < -0.4 is 10.2 Å². The summed E-state index contributed by atoms with van der Waals surface area (Å²) in [6.07, 6.45) is -0.541. The number of carboxylic acid groups (broad SMARTS) is 1. The minimum absolute atomic E-state index is 0.103. The number of para-hydroxylation sites is 1. The Balaban J connectivity index is 0.000000383. The van der Waals surface area contributed by atoms with Crippen LogP contribution in [0, 0.1) is 0 Å². The van der Waals surface area contributed by atoms with Crippen molar-refractivity contribution in [3.8, 4) is 0 Å². The predicted octanol–water partition coefficient (Wildman–Crippen LogP) is 4.23. The molecule has 7 nitrogen and oxygen atoms in total. The van der Waals surface area contributed by atoms with Gasteiger partial charge in [-0.25, -0.2) is 9.78 Å². The Labute approximate surface area is 191 Å². The summed E-state index contributed by atoms with van der Waals surface area (Å²) in [6, 6.07) is 16.0. The molecule has 174 valence electrons. The second-order valence-electron chi connectivity index (χ2n) is 6.99. The van der Waals surface area contributed by atoms with Gasteiger partial charge < -0.3 is 15.3 Å². The summed E-state index contributed by atoms with van der Waals surface area (Å²) < 4.78 is 31.7. The fraction of sp³-hybridized carbons (Fsp3) is 0.273. The first-order chi connectivity index (χ1) is 15.8. The third-order valence-corrected chi connectivity index (χ3v) is 5.72. The number of aromatic nitrogens is 2. The second-order valence-corrected chi connectivity index (χ2v) is 8.07. The van der Waals surface area contributed by atoms with E-state index in [4.69, 9.17) is 9.90 Å². The Bertz CT molecular complexity index is 1080. The number of halogens is 3. The number of nitrogens with one attached hydrogen (secondary N) is 1. The van der Waals surface area contributed by atoms with Crippen molar-refractivity contribution in [2.45, 2.75) is 25.4 Å². The number of hydrogen-bond acceptors (Lipinski definition) is 6. The number of carbonyl (C=O) groups is 2. The largest absolute Gasteiger partial charge is 0.490 e. The predicted molar refractivity (Wildman–Crippen MR) is 118 cm³/mol. The third-order valence-electron chi connectivity index (χ3n) is 4.62. The first-order valence-corrected chi connectivity index (χ1v) is 10.9. The van der Waals surface area contributed by atoms with Crippen LogP contribution in [0.2, 0.25) is 0 Å². The summed E-state index contributed by atoms with van der Waals surface area (Å²) in [7, 11) is 0. The minimum Gasteiger partial charge on any atom is -0.475 e. The highest BCUT2D eigenvalue weighted by Gasteiger charge is 2.38. The van der Waals surface area contributed by atoms with Crippen molar-refractivity contribution in [3.05, 3.63) is 70.3 Å². The van der Waals surface area contributed by atoms with Gasteiger partial charge in [0, 0.05) is 42.0 Å². The van der Waals surface area contributed by atoms with Gasteiger partial charge in [0.15, 0.2) is 5.01 Å². The molecular formula is C22H21F3N4O3S. The van der Waals surface area contributed by atoms with Crippen molar-refractivity contribution < 1.29 is 27.9 Å². The van der Waals surface area contributed by atoms with E-state index in [0.29, 0.717) is 18.0 Å². The van der Waals surface area contributed by atoms with E-state index in [9.17, 15) is 18.0 Å². The third kappa shape index (κ3) is 6.75. The van der Waals surface area contributed by atoms with Gasteiger partial charge >= 0.3 is 12.1 Å². The molecule has 1 aromatic carbocycles. The van der Waals surface area contributed by atoms with E-state index in [2.05, 4.69) is 32.3 Å². The molecule has 11 heteroatoms. The van der Waals surface area contributed by atoms with Gasteiger partial charge in [-0.15, -0.1) is 11.3 Å². The van der Waals surface area contributed by atoms with Crippen molar-refractivity contribution in [3.63, 3.8) is 0 Å². The smallest absolute Gasteiger partial charge is 0.475 e. The van der Waals surface area contributed by atoms with Gasteiger partial charge in [-0.1, -0.05) is 24.3 Å². The van der Waals surface area contributed by atoms with E-state index in [1.54, 1.807) is 6.20 Å². The fourth-order valence-corrected chi connectivity index (χ4v) is 4.13. The summed E-state index contributed by atoms with van der Waals surface area (Å²) >= 11 is 1.51. The fourth-order valence-electron chi connectivity index (χ4n) is 3.10. The molecule has 33 heavy (non-hydrogen) atoms. The number of carbonyl (C=O) groups excluding carboxylic acids is 1. The number of hydrogen-bond donors (Lipinski definition) is 2. The molecule has 2 aromatic heterocycles. The van der Waals surface area contributed by atoms with Crippen LogP contribution in [0.15, 0.2) is 54.7 Å². The summed E-state index contributed by atoms with van der Waals surface area (Å²) in [5, 5.41) is 10.6. The zero-order valence-electron chi connectivity index (χ0n) is 17.4. The Morgan fingerprint density at radius 2 is 1.82 bits per heavy atom. The normalized spacial score (nSPS) is 12.9. The molecule has 0 saturated carbocycles. The highest BCUT2D eigenvalue weighted by atomic mass is 32.1. The van der Waals surface area contributed by atoms with Crippen molar-refractivity contribution in [1.29, 1.82) is 0 Å². The molecule has 1 aliphatic rings. The number of fused-ring (bicyclic) bond motifs is 1. The number of aryl methyl sites for hydroxylation is 1. The summed E-state index contributed by atoms with van der Waals surface area (Å²) in [6.45, 7) is 1.49. The molecule has 1 amide bonds. The molecular weight excluding hydrogens is 457 g/mol. The quantitative estimate of drug-likeness (QED) is 0.570. The Kier molecular flexibility index (Phi) is 7.99. The van der Waals surface area contributed by atoms with Crippen LogP contribution in [-0.4, -0.2) is 46.2 Å². The molecule has 1 aliphatic heterocycles. The topological polar surface area (TPSA) is 95.4 Å². The lowest BCUT2D eigenvalue weighted by atomic mass is 10.1. The van der Waals surface area contributed by atoms with Gasteiger partial charge in [-0.3, -0.25) is 9.78 Å². The zero-order chi connectivity index (χ0) is 23.8. The maximum atomic E-state index is 12.5. The second kappa shape index (κ2) is 10.9. The lowest BCUT2D eigenvalue weighted by molar-refractivity contribution is -0.192. The summed E-state index contributed by atoms with van der Waals surface area (Å²) in [4.78, 5) is 33.7. The average Bonchev–Trinajstić information content (AvgIpc) is 3.25. The van der Waals surface area contributed by atoms with Crippen molar-refractivity contribution in [2.24, 2.45) is 0 Å². The van der Waals surface area contributed by atoms with Crippen LogP contribution >= 0.6 is 11.3 Å². The van der Waals surface area contributed by atoms with Gasteiger partial charge in [-0.2, -0.15) is 13.2 Å². The SMILES string of the molecule is O=C(NCCc1ccccn1)c1nc2c(s1)CCCN2c1ccccc1.O=C(O)C(F)(F)F. The first kappa shape index (κ1) is 24.2.